The van der Waals surface area contributed by atoms with E-state index in [-0.39, 0.29) is 17.9 Å². The molecule has 0 aliphatic rings. The Bertz CT molecular complexity index is 517. The minimum atomic E-state index is -0.321. The predicted octanol–water partition coefficient (Wildman–Crippen LogP) is 2.72. The number of hydrogen-bond acceptors (Lipinski definition) is 3. The van der Waals surface area contributed by atoms with Crippen LogP contribution in [-0.4, -0.2) is 24.5 Å². The fourth-order valence-corrected chi connectivity index (χ4v) is 2.10. The highest BCUT2D eigenvalue weighted by Gasteiger charge is 2.06. The van der Waals surface area contributed by atoms with Gasteiger partial charge in [-0.05, 0) is 43.9 Å². The summed E-state index contributed by atoms with van der Waals surface area (Å²) in [5, 5.41) is 2.86. The lowest BCUT2D eigenvalue weighted by Crippen LogP contribution is -2.31. The topological polar surface area (TPSA) is 55.4 Å². The lowest BCUT2D eigenvalue weighted by atomic mass is 10.0. The fourth-order valence-electron chi connectivity index (χ4n) is 2.10. The van der Waals surface area contributed by atoms with E-state index in [0.717, 1.165) is 23.1 Å². The smallest absolute Gasteiger partial charge is 0.331 e. The van der Waals surface area contributed by atoms with Gasteiger partial charge in [0.05, 0.1) is 6.61 Å². The van der Waals surface area contributed by atoms with Gasteiger partial charge in [0.2, 0.25) is 5.91 Å². The van der Waals surface area contributed by atoms with Crippen molar-refractivity contribution in [1.29, 1.82) is 0 Å². The maximum atomic E-state index is 11.4. The van der Waals surface area contributed by atoms with Gasteiger partial charge in [-0.1, -0.05) is 24.3 Å². The normalized spacial score (nSPS) is 12.7. The molecule has 0 aliphatic carbocycles. The van der Waals surface area contributed by atoms with Gasteiger partial charge in [-0.15, -0.1) is 0 Å². The second kappa shape index (κ2) is 8.25. The molecule has 114 valence electrons. The number of amides is 1. The first kappa shape index (κ1) is 17.0. The zero-order valence-electron chi connectivity index (χ0n) is 13.1. The third-order valence-corrected chi connectivity index (χ3v) is 3.02. The first-order valence-electron chi connectivity index (χ1n) is 7.13. The van der Waals surface area contributed by atoms with Crippen molar-refractivity contribution in [2.24, 2.45) is 0 Å². The van der Waals surface area contributed by atoms with E-state index in [1.165, 1.54) is 13.0 Å². The quantitative estimate of drug-likeness (QED) is 0.647. The van der Waals surface area contributed by atoms with Crippen LogP contribution in [0.15, 0.2) is 30.3 Å². The molecule has 1 aromatic carbocycles. The molecule has 1 unspecified atom stereocenters. The Morgan fingerprint density at radius 1 is 1.24 bits per heavy atom. The zero-order chi connectivity index (χ0) is 15.8. The van der Waals surface area contributed by atoms with Crippen LogP contribution in [0.5, 0.6) is 0 Å². The number of benzene rings is 1. The van der Waals surface area contributed by atoms with Crippen molar-refractivity contribution in [3.8, 4) is 0 Å². The first-order valence-corrected chi connectivity index (χ1v) is 7.13. The molecule has 1 amide bonds. The van der Waals surface area contributed by atoms with E-state index >= 15 is 0 Å². The monoisotopic (exact) mass is 289 g/mol. The van der Waals surface area contributed by atoms with Crippen molar-refractivity contribution >= 4 is 17.4 Å². The molecule has 0 aliphatic heterocycles. The van der Waals surface area contributed by atoms with Crippen molar-refractivity contribution in [2.75, 3.05) is 6.61 Å². The van der Waals surface area contributed by atoms with E-state index in [9.17, 15) is 9.59 Å². The molecule has 1 atom stereocenters. The number of carbonyl (C=O) groups is 2. The van der Waals surface area contributed by atoms with Crippen LogP contribution in [0.25, 0.3) is 5.57 Å². The first-order chi connectivity index (χ1) is 9.92. The molecule has 0 aromatic heterocycles. The van der Waals surface area contributed by atoms with Gasteiger partial charge in [0.15, 0.2) is 0 Å². The zero-order valence-corrected chi connectivity index (χ0v) is 13.1. The average molecular weight is 289 g/mol. The summed E-state index contributed by atoms with van der Waals surface area (Å²) in [6.07, 6.45) is 2.28. The van der Waals surface area contributed by atoms with Gasteiger partial charge in [0.1, 0.15) is 0 Å². The molecular weight excluding hydrogens is 266 g/mol. The number of esters is 1. The number of carbonyl (C=O) groups excluding carboxylic acids is 2. The number of allylic oxidation sites excluding steroid dienone is 1. The predicted molar refractivity (Wildman–Crippen MR) is 83.7 cm³/mol. The summed E-state index contributed by atoms with van der Waals surface area (Å²) in [4.78, 5) is 22.4. The van der Waals surface area contributed by atoms with Gasteiger partial charge in [0.25, 0.3) is 0 Å². The molecule has 21 heavy (non-hydrogen) atoms. The lowest BCUT2D eigenvalue weighted by Gasteiger charge is -2.12. The Balaban J connectivity index is 2.69. The van der Waals surface area contributed by atoms with Crippen LogP contribution in [0.2, 0.25) is 0 Å². The van der Waals surface area contributed by atoms with Gasteiger partial charge >= 0.3 is 5.97 Å². The van der Waals surface area contributed by atoms with Gasteiger partial charge in [0, 0.05) is 19.0 Å². The minimum absolute atomic E-state index is 0.0210. The fraction of sp³-hybridized carbons (Fsp3) is 0.412. The molecule has 1 rings (SSSR count). The van der Waals surface area contributed by atoms with Crippen LogP contribution in [0, 0.1) is 0 Å². The molecule has 1 N–H and O–H groups in total. The number of nitrogens with one attached hydrogen (secondary N) is 1. The molecule has 1 aromatic rings. The van der Waals surface area contributed by atoms with Crippen molar-refractivity contribution in [3.63, 3.8) is 0 Å². The van der Waals surface area contributed by atoms with Crippen molar-refractivity contribution < 1.29 is 14.3 Å². The molecule has 0 fully saturated rings. The van der Waals surface area contributed by atoms with Crippen LogP contribution in [-0.2, 0) is 20.7 Å². The number of rotatable bonds is 6. The molecule has 0 bridgehead atoms. The van der Waals surface area contributed by atoms with Crippen molar-refractivity contribution in [3.05, 3.63) is 41.5 Å². The molecule has 0 spiro atoms. The van der Waals surface area contributed by atoms with E-state index in [0.29, 0.717) is 6.61 Å². The highest BCUT2D eigenvalue weighted by atomic mass is 16.5. The standard InChI is InChI=1S/C17H23NO3/c1-5-21-17(20)10-12(2)16-8-6-15(7-9-16)11-13(3)18-14(4)19/h6-10,13H,5,11H2,1-4H3,(H,18,19)/b12-10+. The van der Waals surface area contributed by atoms with E-state index in [1.54, 1.807) is 6.92 Å². The second-order valence-electron chi connectivity index (χ2n) is 5.08. The van der Waals surface area contributed by atoms with Crippen LogP contribution in [0.4, 0.5) is 0 Å². The number of hydrogen-bond donors (Lipinski definition) is 1. The van der Waals surface area contributed by atoms with E-state index in [2.05, 4.69) is 5.32 Å². The maximum Gasteiger partial charge on any atom is 0.331 e. The van der Waals surface area contributed by atoms with E-state index in [4.69, 9.17) is 4.74 Å². The Hall–Kier alpha value is -2.10. The van der Waals surface area contributed by atoms with Gasteiger partial charge in [-0.25, -0.2) is 4.79 Å². The van der Waals surface area contributed by atoms with Crippen molar-refractivity contribution in [1.82, 2.24) is 5.32 Å². The van der Waals surface area contributed by atoms with Crippen LogP contribution in [0.3, 0.4) is 0 Å². The molecule has 0 radical (unpaired) electrons. The third-order valence-electron chi connectivity index (χ3n) is 3.02. The maximum absolute atomic E-state index is 11.4. The largest absolute Gasteiger partial charge is 0.463 e. The highest BCUT2D eigenvalue weighted by Crippen LogP contribution is 2.15. The van der Waals surface area contributed by atoms with Crippen molar-refractivity contribution in [2.45, 2.75) is 40.2 Å². The van der Waals surface area contributed by atoms with Crippen LogP contribution in [0.1, 0.15) is 38.8 Å². The molecule has 4 heteroatoms. The Labute approximate surface area is 126 Å². The highest BCUT2D eigenvalue weighted by molar-refractivity contribution is 5.90. The average Bonchev–Trinajstić information content (AvgIpc) is 2.38. The van der Waals surface area contributed by atoms with Crippen LogP contribution >= 0.6 is 0 Å². The lowest BCUT2D eigenvalue weighted by molar-refractivity contribution is -0.137. The Kier molecular flexibility index (Phi) is 6.66. The van der Waals surface area contributed by atoms with Gasteiger partial charge in [-0.2, -0.15) is 0 Å². The summed E-state index contributed by atoms with van der Waals surface area (Å²) in [6.45, 7) is 7.53. The SMILES string of the molecule is CCOC(=O)/C=C(\C)c1ccc(CC(C)NC(C)=O)cc1. The van der Waals surface area contributed by atoms with E-state index in [1.807, 2.05) is 38.1 Å². The minimum Gasteiger partial charge on any atom is -0.463 e. The summed E-state index contributed by atoms with van der Waals surface area (Å²) in [6, 6.07) is 8.07. The third kappa shape index (κ3) is 6.25. The summed E-state index contributed by atoms with van der Waals surface area (Å²) in [5.74, 6) is -0.342. The number of ether oxygens (including phenoxy) is 1. The van der Waals surface area contributed by atoms with Gasteiger partial charge < -0.3 is 10.1 Å². The Morgan fingerprint density at radius 3 is 2.38 bits per heavy atom. The summed E-state index contributed by atoms with van der Waals surface area (Å²) in [5.41, 5.74) is 3.00. The van der Waals surface area contributed by atoms with Gasteiger partial charge in [-0.3, -0.25) is 4.79 Å². The molecule has 0 saturated carbocycles. The molecule has 0 heterocycles. The summed E-state index contributed by atoms with van der Waals surface area (Å²) >= 11 is 0. The Morgan fingerprint density at radius 2 is 1.86 bits per heavy atom. The molecule has 0 saturated heterocycles. The van der Waals surface area contributed by atoms with Crippen LogP contribution < -0.4 is 5.32 Å². The summed E-state index contributed by atoms with van der Waals surface area (Å²) in [7, 11) is 0. The molecule has 4 nitrogen and oxygen atoms in total. The summed E-state index contributed by atoms with van der Waals surface area (Å²) < 4.78 is 4.89. The second-order valence-corrected chi connectivity index (χ2v) is 5.08. The van der Waals surface area contributed by atoms with E-state index < -0.39 is 0 Å². The molecular formula is C17H23NO3.